The Labute approximate surface area is 101 Å². The van der Waals surface area contributed by atoms with Crippen molar-refractivity contribution >= 4 is 11.6 Å². The summed E-state index contributed by atoms with van der Waals surface area (Å²) in [6.07, 6.45) is 2.47. The molecule has 0 aromatic heterocycles. The Morgan fingerprint density at radius 3 is 2.88 bits per heavy atom. The van der Waals surface area contributed by atoms with Crippen LogP contribution in [0.5, 0.6) is 0 Å². The molecule has 1 saturated carbocycles. The molecule has 1 aliphatic carbocycles. The van der Waals surface area contributed by atoms with Crippen LogP contribution >= 0.6 is 11.6 Å². The Morgan fingerprint density at radius 1 is 1.56 bits per heavy atom. The monoisotopic (exact) mass is 241 g/mol. The van der Waals surface area contributed by atoms with Gasteiger partial charge in [-0.15, -0.1) is 0 Å². The molecule has 0 saturated heterocycles. The number of rotatable bonds is 4. The van der Waals surface area contributed by atoms with Gasteiger partial charge in [-0.2, -0.15) is 0 Å². The standard InChI is InChI=1S/C13H17ClFN/c1-3-9-6-13(9)16-8(2)11-5-4-10(15)7-12(11)14/h4-5,7-9,13,16H,3,6H2,1-2H3. The number of hydrogen-bond donors (Lipinski definition) is 1. The molecular formula is C13H17ClFN. The van der Waals surface area contributed by atoms with E-state index in [-0.39, 0.29) is 11.9 Å². The van der Waals surface area contributed by atoms with Gasteiger partial charge in [0.1, 0.15) is 5.82 Å². The Balaban J connectivity index is 2.01. The van der Waals surface area contributed by atoms with E-state index in [0.717, 1.165) is 11.5 Å². The van der Waals surface area contributed by atoms with Crippen molar-refractivity contribution in [3.05, 3.63) is 34.6 Å². The molecule has 0 spiro atoms. The van der Waals surface area contributed by atoms with E-state index in [1.54, 1.807) is 6.07 Å². The largest absolute Gasteiger partial charge is 0.307 e. The number of nitrogens with one attached hydrogen (secondary N) is 1. The van der Waals surface area contributed by atoms with Gasteiger partial charge in [-0.25, -0.2) is 4.39 Å². The highest BCUT2D eigenvalue weighted by molar-refractivity contribution is 6.31. The van der Waals surface area contributed by atoms with Gasteiger partial charge in [0.2, 0.25) is 0 Å². The zero-order chi connectivity index (χ0) is 11.7. The van der Waals surface area contributed by atoms with Crippen molar-refractivity contribution in [2.24, 2.45) is 5.92 Å². The van der Waals surface area contributed by atoms with Crippen LogP contribution in [0.2, 0.25) is 5.02 Å². The van der Waals surface area contributed by atoms with Crippen molar-refractivity contribution in [3.8, 4) is 0 Å². The molecule has 1 nitrogen and oxygen atoms in total. The van der Waals surface area contributed by atoms with Gasteiger partial charge >= 0.3 is 0 Å². The van der Waals surface area contributed by atoms with Crippen LogP contribution in [0.15, 0.2) is 18.2 Å². The molecule has 0 amide bonds. The summed E-state index contributed by atoms with van der Waals surface area (Å²) in [4.78, 5) is 0. The molecule has 0 radical (unpaired) electrons. The first kappa shape index (κ1) is 11.9. The molecule has 0 heterocycles. The van der Waals surface area contributed by atoms with Crippen LogP contribution in [-0.4, -0.2) is 6.04 Å². The summed E-state index contributed by atoms with van der Waals surface area (Å²) >= 11 is 6.02. The Bertz CT molecular complexity index is 380. The lowest BCUT2D eigenvalue weighted by Gasteiger charge is -2.15. The maximum absolute atomic E-state index is 12.9. The van der Waals surface area contributed by atoms with Crippen molar-refractivity contribution in [2.75, 3.05) is 0 Å². The number of halogens is 2. The van der Waals surface area contributed by atoms with Gasteiger partial charge in [-0.1, -0.05) is 31.0 Å². The molecule has 1 aromatic carbocycles. The van der Waals surface area contributed by atoms with Crippen LogP contribution in [0.1, 0.15) is 38.3 Å². The van der Waals surface area contributed by atoms with Crippen LogP contribution in [0.3, 0.4) is 0 Å². The lowest BCUT2D eigenvalue weighted by molar-refractivity contribution is 0.538. The molecule has 3 unspecified atom stereocenters. The Hall–Kier alpha value is -0.600. The molecule has 3 heteroatoms. The van der Waals surface area contributed by atoms with Crippen molar-refractivity contribution in [3.63, 3.8) is 0 Å². The van der Waals surface area contributed by atoms with Gasteiger partial charge in [-0.3, -0.25) is 0 Å². The molecule has 1 N–H and O–H groups in total. The van der Waals surface area contributed by atoms with Gasteiger partial charge < -0.3 is 5.32 Å². The minimum atomic E-state index is -0.279. The molecular weight excluding hydrogens is 225 g/mol. The van der Waals surface area contributed by atoms with Gasteiger partial charge in [0.25, 0.3) is 0 Å². The minimum Gasteiger partial charge on any atom is -0.307 e. The van der Waals surface area contributed by atoms with Crippen molar-refractivity contribution in [1.82, 2.24) is 5.32 Å². The lowest BCUT2D eigenvalue weighted by atomic mass is 10.1. The summed E-state index contributed by atoms with van der Waals surface area (Å²) in [5.74, 6) is 0.528. The van der Waals surface area contributed by atoms with E-state index in [1.807, 2.05) is 0 Å². The SMILES string of the molecule is CCC1CC1NC(C)c1ccc(F)cc1Cl. The first-order valence-electron chi connectivity index (χ1n) is 5.82. The average molecular weight is 242 g/mol. The second kappa shape index (κ2) is 4.72. The van der Waals surface area contributed by atoms with E-state index in [9.17, 15) is 4.39 Å². The van der Waals surface area contributed by atoms with Crippen LogP contribution < -0.4 is 5.32 Å². The summed E-state index contributed by atoms with van der Waals surface area (Å²) in [6.45, 7) is 4.28. The summed E-state index contributed by atoms with van der Waals surface area (Å²) < 4.78 is 12.9. The third-order valence-corrected chi connectivity index (χ3v) is 3.67. The van der Waals surface area contributed by atoms with Crippen LogP contribution in [0.4, 0.5) is 4.39 Å². The van der Waals surface area contributed by atoms with Gasteiger partial charge in [0.15, 0.2) is 0 Å². The smallest absolute Gasteiger partial charge is 0.124 e. The third-order valence-electron chi connectivity index (χ3n) is 3.34. The molecule has 3 atom stereocenters. The van der Waals surface area contributed by atoms with Crippen molar-refractivity contribution < 1.29 is 4.39 Å². The van der Waals surface area contributed by atoms with Gasteiger partial charge in [-0.05, 0) is 37.0 Å². The maximum Gasteiger partial charge on any atom is 0.124 e. The van der Waals surface area contributed by atoms with Gasteiger partial charge in [0.05, 0.1) is 0 Å². The fraction of sp³-hybridized carbons (Fsp3) is 0.538. The first-order chi connectivity index (χ1) is 7.61. The lowest BCUT2D eigenvalue weighted by Crippen LogP contribution is -2.22. The van der Waals surface area contributed by atoms with Crippen LogP contribution in [0.25, 0.3) is 0 Å². The molecule has 1 fully saturated rings. The first-order valence-corrected chi connectivity index (χ1v) is 6.20. The Morgan fingerprint density at radius 2 is 2.31 bits per heavy atom. The van der Waals surface area contributed by atoms with Crippen molar-refractivity contribution in [1.29, 1.82) is 0 Å². The topological polar surface area (TPSA) is 12.0 Å². The average Bonchev–Trinajstić information content (AvgIpc) is 2.96. The predicted molar refractivity (Wildman–Crippen MR) is 65.1 cm³/mol. The molecule has 88 valence electrons. The molecule has 0 bridgehead atoms. The van der Waals surface area contributed by atoms with E-state index in [0.29, 0.717) is 11.1 Å². The molecule has 2 rings (SSSR count). The molecule has 0 aliphatic heterocycles. The predicted octanol–water partition coefficient (Wildman–Crippen LogP) is 3.93. The second-order valence-electron chi connectivity index (χ2n) is 4.56. The Kier molecular flexibility index (Phi) is 3.50. The number of hydrogen-bond acceptors (Lipinski definition) is 1. The zero-order valence-electron chi connectivity index (χ0n) is 9.63. The maximum atomic E-state index is 12.9. The van der Waals surface area contributed by atoms with E-state index < -0.39 is 0 Å². The summed E-state index contributed by atoms with van der Waals surface area (Å²) in [6, 6.07) is 5.40. The molecule has 16 heavy (non-hydrogen) atoms. The van der Waals surface area contributed by atoms with E-state index >= 15 is 0 Å². The zero-order valence-corrected chi connectivity index (χ0v) is 10.4. The van der Waals surface area contributed by atoms with Crippen LogP contribution in [0, 0.1) is 11.7 Å². The highest BCUT2D eigenvalue weighted by atomic mass is 35.5. The van der Waals surface area contributed by atoms with Crippen molar-refractivity contribution in [2.45, 2.75) is 38.8 Å². The third kappa shape index (κ3) is 2.55. The van der Waals surface area contributed by atoms with Crippen LogP contribution in [-0.2, 0) is 0 Å². The summed E-state index contributed by atoms with van der Waals surface area (Å²) in [5, 5.41) is 4.03. The van der Waals surface area contributed by atoms with E-state index in [4.69, 9.17) is 11.6 Å². The van der Waals surface area contributed by atoms with E-state index in [1.165, 1.54) is 25.0 Å². The van der Waals surface area contributed by atoms with Gasteiger partial charge in [0, 0.05) is 17.1 Å². The minimum absolute atomic E-state index is 0.189. The number of benzene rings is 1. The second-order valence-corrected chi connectivity index (χ2v) is 4.97. The molecule has 1 aromatic rings. The summed E-state index contributed by atoms with van der Waals surface area (Å²) in [7, 11) is 0. The molecule has 1 aliphatic rings. The summed E-state index contributed by atoms with van der Waals surface area (Å²) in [5.41, 5.74) is 0.977. The highest BCUT2D eigenvalue weighted by Gasteiger charge is 2.36. The normalized spacial score (nSPS) is 25.5. The highest BCUT2D eigenvalue weighted by Crippen LogP contribution is 2.36. The van der Waals surface area contributed by atoms with E-state index in [2.05, 4.69) is 19.2 Å². The fourth-order valence-electron chi connectivity index (χ4n) is 2.17. The fourth-order valence-corrected chi connectivity index (χ4v) is 2.50. The quantitative estimate of drug-likeness (QED) is 0.842.